The lowest BCUT2D eigenvalue weighted by atomic mass is 9.95. The summed E-state index contributed by atoms with van der Waals surface area (Å²) in [5, 5.41) is 0. The summed E-state index contributed by atoms with van der Waals surface area (Å²) >= 11 is 0. The smallest absolute Gasteiger partial charge is 0.330 e. The van der Waals surface area contributed by atoms with Gasteiger partial charge in [-0.25, -0.2) is 4.79 Å². The summed E-state index contributed by atoms with van der Waals surface area (Å²) in [4.78, 5) is 11.6. The van der Waals surface area contributed by atoms with Gasteiger partial charge in [-0.1, -0.05) is 60.7 Å². The minimum Gasteiger partial charge on any atom is -0.480 e. The molecule has 1 heterocycles. The second-order valence-electron chi connectivity index (χ2n) is 6.06. The molecule has 0 bridgehead atoms. The molecular formula is C23H22O3. The van der Waals surface area contributed by atoms with Gasteiger partial charge >= 0.3 is 5.97 Å². The van der Waals surface area contributed by atoms with Crippen molar-refractivity contribution in [2.75, 3.05) is 6.61 Å². The van der Waals surface area contributed by atoms with Crippen molar-refractivity contribution in [3.8, 4) is 5.75 Å². The van der Waals surface area contributed by atoms with E-state index in [-0.39, 0.29) is 12.1 Å². The number of allylic oxidation sites excluding steroid dienone is 2. The normalized spacial score (nSPS) is 16.6. The third-order valence-corrected chi connectivity index (χ3v) is 4.06. The molecule has 1 aliphatic rings. The predicted octanol–water partition coefficient (Wildman–Crippen LogP) is 5.27. The molecule has 0 saturated carbocycles. The molecule has 0 aromatic heterocycles. The van der Waals surface area contributed by atoms with E-state index >= 15 is 0 Å². The van der Waals surface area contributed by atoms with E-state index in [0.717, 1.165) is 28.0 Å². The fourth-order valence-electron chi connectivity index (χ4n) is 2.83. The second kappa shape index (κ2) is 8.34. The molecule has 3 rings (SSSR count). The quantitative estimate of drug-likeness (QED) is 0.420. The number of ether oxygens (including phenoxy) is 2. The topological polar surface area (TPSA) is 35.5 Å². The number of rotatable bonds is 5. The zero-order valence-electron chi connectivity index (χ0n) is 15.0. The summed E-state index contributed by atoms with van der Waals surface area (Å²) < 4.78 is 11.2. The van der Waals surface area contributed by atoms with Crippen molar-refractivity contribution in [3.63, 3.8) is 0 Å². The van der Waals surface area contributed by atoms with Crippen LogP contribution in [0.15, 0.2) is 84.0 Å². The Hall–Kier alpha value is -3.07. The summed E-state index contributed by atoms with van der Waals surface area (Å²) in [5.41, 5.74) is 4.00. The molecule has 26 heavy (non-hydrogen) atoms. The maximum absolute atomic E-state index is 11.6. The lowest BCUT2D eigenvalue weighted by Gasteiger charge is -2.26. The van der Waals surface area contributed by atoms with Crippen LogP contribution in [0.4, 0.5) is 0 Å². The highest BCUT2D eigenvalue weighted by Gasteiger charge is 2.22. The van der Waals surface area contributed by atoms with Crippen LogP contribution in [0.3, 0.4) is 0 Å². The van der Waals surface area contributed by atoms with Crippen molar-refractivity contribution in [1.29, 1.82) is 0 Å². The molecule has 2 aromatic carbocycles. The van der Waals surface area contributed by atoms with E-state index in [0.29, 0.717) is 6.61 Å². The fourth-order valence-corrected chi connectivity index (χ4v) is 2.83. The Balaban J connectivity index is 1.91. The first kappa shape index (κ1) is 17.7. The Kier molecular flexibility index (Phi) is 5.69. The highest BCUT2D eigenvalue weighted by molar-refractivity contribution is 5.83. The Morgan fingerprint density at radius 2 is 1.85 bits per heavy atom. The number of esters is 1. The van der Waals surface area contributed by atoms with Crippen LogP contribution >= 0.6 is 0 Å². The highest BCUT2D eigenvalue weighted by atomic mass is 16.5. The number of hydrogen-bond donors (Lipinski definition) is 0. The van der Waals surface area contributed by atoms with E-state index in [2.05, 4.69) is 18.2 Å². The Labute approximate surface area is 154 Å². The molecular weight excluding hydrogens is 324 g/mol. The predicted molar refractivity (Wildman–Crippen MR) is 104 cm³/mol. The van der Waals surface area contributed by atoms with E-state index in [9.17, 15) is 4.79 Å². The maximum Gasteiger partial charge on any atom is 0.330 e. The van der Waals surface area contributed by atoms with Crippen LogP contribution in [0.5, 0.6) is 5.75 Å². The zero-order chi connectivity index (χ0) is 18.4. The molecule has 0 fully saturated rings. The van der Waals surface area contributed by atoms with Gasteiger partial charge in [-0.05, 0) is 42.7 Å². The van der Waals surface area contributed by atoms with Crippen molar-refractivity contribution in [2.24, 2.45) is 0 Å². The monoisotopic (exact) mass is 346 g/mol. The van der Waals surface area contributed by atoms with Crippen LogP contribution < -0.4 is 4.74 Å². The van der Waals surface area contributed by atoms with Gasteiger partial charge in [-0.2, -0.15) is 0 Å². The van der Waals surface area contributed by atoms with Gasteiger partial charge in [0.2, 0.25) is 0 Å². The molecule has 1 aliphatic heterocycles. The van der Waals surface area contributed by atoms with Crippen molar-refractivity contribution in [3.05, 3.63) is 95.1 Å². The number of hydrogen-bond acceptors (Lipinski definition) is 3. The lowest BCUT2D eigenvalue weighted by molar-refractivity contribution is -0.137. The summed E-state index contributed by atoms with van der Waals surface area (Å²) in [6, 6.07) is 18.1. The van der Waals surface area contributed by atoms with Gasteiger partial charge in [-0.15, -0.1) is 0 Å². The molecule has 3 nitrogen and oxygen atoms in total. The minimum absolute atomic E-state index is 0.183. The molecule has 2 aromatic rings. The van der Waals surface area contributed by atoms with Gasteiger partial charge in [0.05, 0.1) is 6.61 Å². The van der Waals surface area contributed by atoms with Gasteiger partial charge in [-0.3, -0.25) is 0 Å². The van der Waals surface area contributed by atoms with E-state index < -0.39 is 0 Å². The van der Waals surface area contributed by atoms with Crippen LogP contribution in [0.2, 0.25) is 0 Å². The first-order valence-electron chi connectivity index (χ1n) is 8.72. The molecule has 0 radical (unpaired) electrons. The number of para-hydroxylation sites is 1. The Morgan fingerprint density at radius 1 is 1.12 bits per heavy atom. The number of fused-ring (bicyclic) bond motifs is 1. The van der Waals surface area contributed by atoms with Gasteiger partial charge in [0, 0.05) is 11.6 Å². The number of carbonyl (C=O) groups excluding carboxylic acids is 1. The van der Waals surface area contributed by atoms with E-state index in [4.69, 9.17) is 9.47 Å². The zero-order valence-corrected chi connectivity index (χ0v) is 15.0. The molecule has 0 saturated heterocycles. The van der Waals surface area contributed by atoms with Crippen LogP contribution in [-0.4, -0.2) is 12.6 Å². The molecule has 0 spiro atoms. The highest BCUT2D eigenvalue weighted by Crippen LogP contribution is 2.37. The molecule has 3 heteroatoms. The minimum atomic E-state index is -0.325. The SMILES string of the molecule is CCOC(=O)C=C(C)C=CC1=Cc2ccccc2OC1c1ccccc1. The third-order valence-electron chi connectivity index (χ3n) is 4.06. The molecule has 132 valence electrons. The summed E-state index contributed by atoms with van der Waals surface area (Å²) in [6.45, 7) is 4.05. The largest absolute Gasteiger partial charge is 0.480 e. The fraction of sp³-hybridized carbons (Fsp3) is 0.174. The van der Waals surface area contributed by atoms with Crippen LogP contribution in [0.25, 0.3) is 6.08 Å². The van der Waals surface area contributed by atoms with E-state index in [1.807, 2.05) is 61.5 Å². The van der Waals surface area contributed by atoms with Gasteiger partial charge < -0.3 is 9.47 Å². The molecule has 1 unspecified atom stereocenters. The van der Waals surface area contributed by atoms with Crippen LogP contribution in [-0.2, 0) is 9.53 Å². The molecule has 1 atom stereocenters. The first-order valence-corrected chi connectivity index (χ1v) is 8.72. The van der Waals surface area contributed by atoms with Crippen molar-refractivity contribution in [2.45, 2.75) is 20.0 Å². The van der Waals surface area contributed by atoms with Crippen molar-refractivity contribution >= 4 is 12.0 Å². The standard InChI is InChI=1S/C23H22O3/c1-3-25-22(24)15-17(2)13-14-20-16-19-11-7-8-12-21(19)26-23(20)18-9-5-4-6-10-18/h4-16,23H,3H2,1-2H3. The Bertz CT molecular complexity index is 860. The number of benzene rings is 2. The van der Waals surface area contributed by atoms with Gasteiger partial charge in [0.15, 0.2) is 0 Å². The Morgan fingerprint density at radius 3 is 2.62 bits per heavy atom. The third kappa shape index (κ3) is 4.31. The van der Waals surface area contributed by atoms with Gasteiger partial charge in [0.25, 0.3) is 0 Å². The van der Waals surface area contributed by atoms with E-state index in [1.54, 1.807) is 6.92 Å². The molecule has 0 N–H and O–H groups in total. The van der Waals surface area contributed by atoms with Crippen LogP contribution in [0.1, 0.15) is 31.1 Å². The second-order valence-corrected chi connectivity index (χ2v) is 6.06. The van der Waals surface area contributed by atoms with Gasteiger partial charge in [0.1, 0.15) is 11.9 Å². The van der Waals surface area contributed by atoms with Crippen LogP contribution in [0, 0.1) is 0 Å². The molecule has 0 aliphatic carbocycles. The summed E-state index contributed by atoms with van der Waals surface area (Å²) in [6.07, 6.45) is 7.35. The lowest BCUT2D eigenvalue weighted by Crippen LogP contribution is -2.13. The summed E-state index contributed by atoms with van der Waals surface area (Å²) in [7, 11) is 0. The average Bonchev–Trinajstić information content (AvgIpc) is 2.66. The average molecular weight is 346 g/mol. The van der Waals surface area contributed by atoms with Crippen molar-refractivity contribution in [1.82, 2.24) is 0 Å². The van der Waals surface area contributed by atoms with Crippen molar-refractivity contribution < 1.29 is 14.3 Å². The van der Waals surface area contributed by atoms with E-state index in [1.165, 1.54) is 6.08 Å². The maximum atomic E-state index is 11.6. The molecule has 0 amide bonds. The summed E-state index contributed by atoms with van der Waals surface area (Å²) in [5.74, 6) is 0.547. The number of carbonyl (C=O) groups is 1. The first-order chi connectivity index (χ1) is 12.7.